The Bertz CT molecular complexity index is 267. The molecule has 0 aromatic carbocycles. The Morgan fingerprint density at radius 1 is 1.27 bits per heavy atom. The summed E-state index contributed by atoms with van der Waals surface area (Å²) in [4.78, 5) is 16.6. The Morgan fingerprint density at radius 2 is 1.93 bits per heavy atom. The van der Waals surface area contributed by atoms with Crippen LogP contribution in [0.5, 0.6) is 0 Å². The molecule has 0 aromatic heterocycles. The number of hydrogen-bond donors (Lipinski definition) is 0. The first-order valence-electron chi connectivity index (χ1n) is 4.99. The molecule has 0 unspecified atom stereocenters. The summed E-state index contributed by atoms with van der Waals surface area (Å²) in [6, 6.07) is 0. The van der Waals surface area contributed by atoms with Crippen LogP contribution in [-0.2, 0) is 9.63 Å². The van der Waals surface area contributed by atoms with E-state index in [-0.39, 0.29) is 19.4 Å². The molecule has 1 aliphatic carbocycles. The maximum Gasteiger partial charge on any atom is 0.403 e. The van der Waals surface area contributed by atoms with Gasteiger partial charge in [0.2, 0.25) is 0 Å². The van der Waals surface area contributed by atoms with Gasteiger partial charge in [0.15, 0.2) is 0 Å². The fourth-order valence-corrected chi connectivity index (χ4v) is 2.00. The Labute approximate surface area is 85.1 Å². The van der Waals surface area contributed by atoms with Crippen LogP contribution in [0.15, 0.2) is 0 Å². The lowest BCUT2D eigenvalue weighted by molar-refractivity contribution is -0.261. The largest absolute Gasteiger partial charge is 0.403 e. The summed E-state index contributed by atoms with van der Waals surface area (Å²) in [5, 5.41) is 0.882. The van der Waals surface area contributed by atoms with Crippen LogP contribution in [0.4, 0.5) is 13.2 Å². The molecular weight excluding hydrogens is 211 g/mol. The normalized spacial score (nSPS) is 25.1. The molecule has 15 heavy (non-hydrogen) atoms. The van der Waals surface area contributed by atoms with Crippen LogP contribution in [0.1, 0.15) is 25.7 Å². The first kappa shape index (κ1) is 10.7. The molecule has 6 heteroatoms. The van der Waals surface area contributed by atoms with Gasteiger partial charge in [0.05, 0.1) is 13.2 Å². The zero-order valence-electron chi connectivity index (χ0n) is 8.14. The lowest BCUT2D eigenvalue weighted by Crippen LogP contribution is -2.55. The van der Waals surface area contributed by atoms with Gasteiger partial charge < -0.3 is 0 Å². The molecule has 0 atom stereocenters. The van der Waals surface area contributed by atoms with Crippen LogP contribution in [0.2, 0.25) is 0 Å². The maximum absolute atomic E-state index is 12.8. The molecule has 86 valence electrons. The molecule has 0 bridgehead atoms. The Morgan fingerprint density at radius 3 is 2.27 bits per heavy atom. The predicted octanol–water partition coefficient (Wildman–Crippen LogP) is 1.88. The number of amides is 1. The first-order valence-corrected chi connectivity index (χ1v) is 4.99. The molecule has 0 spiro atoms. The van der Waals surface area contributed by atoms with Gasteiger partial charge in [0.1, 0.15) is 5.41 Å². The van der Waals surface area contributed by atoms with Crippen molar-refractivity contribution in [2.24, 2.45) is 5.41 Å². The molecule has 1 aliphatic heterocycles. The van der Waals surface area contributed by atoms with E-state index in [1.165, 1.54) is 0 Å². The van der Waals surface area contributed by atoms with E-state index >= 15 is 0 Å². The van der Waals surface area contributed by atoms with Crippen molar-refractivity contribution in [2.45, 2.75) is 31.9 Å². The Kier molecular flexibility index (Phi) is 2.41. The lowest BCUT2D eigenvalue weighted by atomic mass is 9.67. The highest BCUT2D eigenvalue weighted by Crippen LogP contribution is 2.54. The summed E-state index contributed by atoms with van der Waals surface area (Å²) in [7, 11) is 0. The average molecular weight is 223 g/mol. The summed E-state index contributed by atoms with van der Waals surface area (Å²) in [5.41, 5.74) is -2.16. The number of halogens is 3. The highest BCUT2D eigenvalue weighted by Gasteiger charge is 2.64. The first-order chi connectivity index (χ1) is 6.97. The van der Waals surface area contributed by atoms with Crippen molar-refractivity contribution in [1.82, 2.24) is 5.06 Å². The predicted molar refractivity (Wildman–Crippen MR) is 44.6 cm³/mol. The summed E-state index contributed by atoms with van der Waals surface area (Å²) in [6.07, 6.45) is -3.59. The number of nitrogens with zero attached hydrogens (tertiary/aromatic N) is 1. The van der Waals surface area contributed by atoms with Crippen LogP contribution >= 0.6 is 0 Å². The van der Waals surface area contributed by atoms with Crippen LogP contribution in [0.25, 0.3) is 0 Å². The third-order valence-corrected chi connectivity index (χ3v) is 3.14. The molecular formula is C9H12F3NO2. The van der Waals surface area contributed by atoms with Gasteiger partial charge in [0, 0.05) is 0 Å². The van der Waals surface area contributed by atoms with Crippen molar-refractivity contribution in [3.8, 4) is 0 Å². The molecule has 2 rings (SSSR count). The third kappa shape index (κ3) is 1.51. The van der Waals surface area contributed by atoms with Gasteiger partial charge in [-0.05, 0) is 19.3 Å². The fraction of sp³-hybridized carbons (Fsp3) is 0.889. The molecule has 1 saturated carbocycles. The van der Waals surface area contributed by atoms with Crippen molar-refractivity contribution in [1.29, 1.82) is 0 Å². The number of carbonyl (C=O) groups is 1. The van der Waals surface area contributed by atoms with E-state index in [2.05, 4.69) is 0 Å². The molecule has 2 fully saturated rings. The molecule has 2 aliphatic rings. The second kappa shape index (κ2) is 3.37. The summed E-state index contributed by atoms with van der Waals surface area (Å²) in [6.45, 7) is 0.607. The van der Waals surface area contributed by atoms with Gasteiger partial charge >= 0.3 is 6.18 Å². The number of rotatable bonds is 1. The summed E-state index contributed by atoms with van der Waals surface area (Å²) >= 11 is 0. The number of alkyl halides is 3. The number of hydroxylamine groups is 2. The molecule has 1 amide bonds. The minimum Gasteiger partial charge on any atom is -0.272 e. The summed E-state index contributed by atoms with van der Waals surface area (Å²) in [5.74, 6) is -0.904. The standard InChI is InChI=1S/C9H12F3NO2/c10-9(11,12)8(3-1-4-8)7(14)13-5-2-6-15-13/h1-6H2. The van der Waals surface area contributed by atoms with Gasteiger partial charge in [-0.2, -0.15) is 13.2 Å². The SMILES string of the molecule is O=C(N1CCCO1)C1(C(F)(F)F)CCC1. The van der Waals surface area contributed by atoms with Gasteiger partial charge in [0.25, 0.3) is 5.91 Å². The zero-order valence-corrected chi connectivity index (χ0v) is 8.14. The van der Waals surface area contributed by atoms with E-state index in [1.807, 2.05) is 0 Å². The highest BCUT2D eigenvalue weighted by atomic mass is 19.4. The van der Waals surface area contributed by atoms with E-state index in [9.17, 15) is 18.0 Å². The molecule has 0 aromatic rings. The van der Waals surface area contributed by atoms with Crippen molar-refractivity contribution < 1.29 is 22.8 Å². The van der Waals surface area contributed by atoms with Gasteiger partial charge in [-0.25, -0.2) is 5.06 Å². The quantitative estimate of drug-likeness (QED) is 0.679. The third-order valence-electron chi connectivity index (χ3n) is 3.14. The van der Waals surface area contributed by atoms with Crippen molar-refractivity contribution >= 4 is 5.91 Å². The molecule has 1 heterocycles. The second-order valence-corrected chi connectivity index (χ2v) is 4.03. The van der Waals surface area contributed by atoms with E-state index in [1.54, 1.807) is 0 Å². The minimum absolute atomic E-state index is 0.102. The van der Waals surface area contributed by atoms with Crippen molar-refractivity contribution in [3.63, 3.8) is 0 Å². The van der Waals surface area contributed by atoms with Gasteiger partial charge in [-0.15, -0.1) is 0 Å². The monoisotopic (exact) mass is 223 g/mol. The number of hydrogen-bond acceptors (Lipinski definition) is 2. The Hall–Kier alpha value is -0.780. The van der Waals surface area contributed by atoms with Crippen LogP contribution in [0, 0.1) is 5.41 Å². The van der Waals surface area contributed by atoms with E-state index in [4.69, 9.17) is 4.84 Å². The number of carbonyl (C=O) groups excluding carboxylic acids is 1. The van der Waals surface area contributed by atoms with Crippen LogP contribution < -0.4 is 0 Å². The minimum atomic E-state index is -4.45. The fourth-order valence-electron chi connectivity index (χ4n) is 2.00. The lowest BCUT2D eigenvalue weighted by Gasteiger charge is -2.42. The van der Waals surface area contributed by atoms with Crippen molar-refractivity contribution in [2.75, 3.05) is 13.2 Å². The Balaban J connectivity index is 2.15. The van der Waals surface area contributed by atoms with Crippen LogP contribution in [-0.4, -0.2) is 30.3 Å². The molecule has 3 nitrogen and oxygen atoms in total. The zero-order chi connectivity index (χ0) is 11.1. The van der Waals surface area contributed by atoms with E-state index in [0.717, 1.165) is 5.06 Å². The molecule has 0 radical (unpaired) electrons. The molecule has 1 saturated heterocycles. The molecule has 0 N–H and O–H groups in total. The van der Waals surface area contributed by atoms with Crippen molar-refractivity contribution in [3.05, 3.63) is 0 Å². The van der Waals surface area contributed by atoms with Gasteiger partial charge in [-0.3, -0.25) is 9.63 Å². The van der Waals surface area contributed by atoms with Crippen LogP contribution in [0.3, 0.4) is 0 Å². The van der Waals surface area contributed by atoms with E-state index < -0.39 is 17.5 Å². The smallest absolute Gasteiger partial charge is 0.272 e. The topological polar surface area (TPSA) is 29.5 Å². The maximum atomic E-state index is 12.8. The second-order valence-electron chi connectivity index (χ2n) is 4.03. The van der Waals surface area contributed by atoms with E-state index in [0.29, 0.717) is 19.4 Å². The summed E-state index contributed by atoms with van der Waals surface area (Å²) < 4.78 is 38.3. The van der Waals surface area contributed by atoms with Gasteiger partial charge in [-0.1, -0.05) is 6.42 Å². The highest BCUT2D eigenvalue weighted by molar-refractivity contribution is 5.83. The average Bonchev–Trinajstić information content (AvgIpc) is 2.49.